The van der Waals surface area contributed by atoms with Crippen molar-refractivity contribution in [3.8, 4) is 22.8 Å². The molecule has 1 saturated heterocycles. The van der Waals surface area contributed by atoms with Gasteiger partial charge in [-0.2, -0.15) is 5.10 Å². The molecule has 0 spiro atoms. The third-order valence-electron chi connectivity index (χ3n) is 6.13. The lowest BCUT2D eigenvalue weighted by Crippen LogP contribution is -2.49. The predicted molar refractivity (Wildman–Crippen MR) is 131 cm³/mol. The third-order valence-corrected chi connectivity index (χ3v) is 6.13. The number of aromatic nitrogens is 2. The highest BCUT2D eigenvalue weighted by Crippen LogP contribution is 2.31. The number of benzene rings is 2. The number of aryl methyl sites for hydroxylation is 1. The minimum absolute atomic E-state index is 0.0299. The molecule has 0 unspecified atom stereocenters. The van der Waals surface area contributed by atoms with Crippen molar-refractivity contribution in [2.75, 3.05) is 45.3 Å². The Hall–Kier alpha value is -3.88. The van der Waals surface area contributed by atoms with Gasteiger partial charge in [-0.05, 0) is 42.8 Å². The monoisotopic (exact) mass is 480 g/mol. The Kier molecular flexibility index (Phi) is 7.64. The quantitative estimate of drug-likeness (QED) is 0.493. The van der Waals surface area contributed by atoms with Crippen LogP contribution in [0.5, 0.6) is 11.5 Å². The molecule has 1 amide bonds. The Morgan fingerprint density at radius 3 is 2.43 bits per heavy atom. The SMILES string of the molecule is COc1ccc(-c2ccc(=O)n(CCCC(=O)N3CCN(c4ccccc4F)CC3)n2)cc1OC. The molecule has 1 fully saturated rings. The molecule has 3 aromatic rings. The van der Waals surface area contributed by atoms with Crippen LogP contribution in [0.4, 0.5) is 10.1 Å². The number of ether oxygens (including phenoxy) is 2. The standard InChI is InChI=1S/C26H29FN4O4/c1-34-23-11-9-19(18-24(23)35-2)21-10-12-26(33)31(28-21)13-5-8-25(32)30-16-14-29(15-17-30)22-7-4-3-6-20(22)27/h3-4,6-7,9-12,18H,5,8,13-17H2,1-2H3. The number of halogens is 1. The molecular weight excluding hydrogens is 451 g/mol. The van der Waals surface area contributed by atoms with Gasteiger partial charge in [0.1, 0.15) is 5.82 Å². The summed E-state index contributed by atoms with van der Waals surface area (Å²) < 4.78 is 26.0. The van der Waals surface area contributed by atoms with Crippen LogP contribution in [-0.4, -0.2) is 61.0 Å². The van der Waals surface area contributed by atoms with E-state index in [1.807, 2.05) is 17.0 Å². The van der Waals surface area contributed by atoms with E-state index in [9.17, 15) is 14.0 Å². The molecular formula is C26H29FN4O4. The molecule has 0 bridgehead atoms. The normalized spacial score (nSPS) is 13.6. The van der Waals surface area contributed by atoms with E-state index >= 15 is 0 Å². The van der Waals surface area contributed by atoms with Crippen LogP contribution in [0.3, 0.4) is 0 Å². The number of carbonyl (C=O) groups excluding carboxylic acids is 1. The van der Waals surface area contributed by atoms with E-state index in [0.29, 0.717) is 68.4 Å². The van der Waals surface area contributed by atoms with Crippen LogP contribution >= 0.6 is 0 Å². The molecule has 2 aromatic carbocycles. The molecule has 1 aliphatic heterocycles. The van der Waals surface area contributed by atoms with Crippen molar-refractivity contribution in [1.29, 1.82) is 0 Å². The molecule has 1 aliphatic rings. The summed E-state index contributed by atoms with van der Waals surface area (Å²) in [5.41, 5.74) is 1.76. The second-order valence-corrected chi connectivity index (χ2v) is 8.27. The Morgan fingerprint density at radius 2 is 1.71 bits per heavy atom. The lowest BCUT2D eigenvalue weighted by atomic mass is 10.1. The summed E-state index contributed by atoms with van der Waals surface area (Å²) in [6.45, 7) is 2.59. The van der Waals surface area contributed by atoms with Crippen LogP contribution in [0.2, 0.25) is 0 Å². The van der Waals surface area contributed by atoms with Crippen LogP contribution in [0.15, 0.2) is 59.4 Å². The second kappa shape index (κ2) is 11.0. The number of hydrogen-bond acceptors (Lipinski definition) is 6. The number of amides is 1. The third kappa shape index (κ3) is 5.62. The topological polar surface area (TPSA) is 76.9 Å². The van der Waals surface area contributed by atoms with Crippen molar-refractivity contribution in [3.05, 3.63) is 70.8 Å². The first-order chi connectivity index (χ1) is 17.0. The Bertz CT molecular complexity index is 1240. The minimum atomic E-state index is -0.250. The molecule has 8 nitrogen and oxygen atoms in total. The van der Waals surface area contributed by atoms with E-state index in [-0.39, 0.29) is 17.3 Å². The van der Waals surface area contributed by atoms with Crippen LogP contribution in [0, 0.1) is 5.82 Å². The fraction of sp³-hybridized carbons (Fsp3) is 0.346. The number of piperazine rings is 1. The van der Waals surface area contributed by atoms with Crippen LogP contribution in [-0.2, 0) is 11.3 Å². The van der Waals surface area contributed by atoms with Crippen molar-refractivity contribution >= 4 is 11.6 Å². The van der Waals surface area contributed by atoms with Crippen molar-refractivity contribution in [2.45, 2.75) is 19.4 Å². The highest BCUT2D eigenvalue weighted by Gasteiger charge is 2.22. The lowest BCUT2D eigenvalue weighted by molar-refractivity contribution is -0.131. The number of methoxy groups -OCH3 is 2. The number of rotatable bonds is 8. The zero-order valence-corrected chi connectivity index (χ0v) is 19.9. The van der Waals surface area contributed by atoms with Crippen molar-refractivity contribution < 1.29 is 18.7 Å². The van der Waals surface area contributed by atoms with Gasteiger partial charge in [0, 0.05) is 50.8 Å². The molecule has 2 heterocycles. The van der Waals surface area contributed by atoms with E-state index in [0.717, 1.165) is 5.56 Å². The first kappa shape index (κ1) is 24.3. The van der Waals surface area contributed by atoms with Gasteiger partial charge in [0.05, 0.1) is 25.6 Å². The largest absolute Gasteiger partial charge is 0.493 e. The van der Waals surface area contributed by atoms with E-state index < -0.39 is 0 Å². The van der Waals surface area contributed by atoms with E-state index in [2.05, 4.69) is 5.10 Å². The highest BCUT2D eigenvalue weighted by atomic mass is 19.1. The smallest absolute Gasteiger partial charge is 0.266 e. The summed E-state index contributed by atoms with van der Waals surface area (Å²) in [5, 5.41) is 4.48. The van der Waals surface area contributed by atoms with Crippen molar-refractivity contribution in [2.24, 2.45) is 0 Å². The average molecular weight is 481 g/mol. The predicted octanol–water partition coefficient (Wildman–Crippen LogP) is 3.20. The highest BCUT2D eigenvalue weighted by molar-refractivity contribution is 5.76. The molecule has 0 atom stereocenters. The van der Waals surface area contributed by atoms with Gasteiger partial charge in [-0.3, -0.25) is 9.59 Å². The zero-order chi connectivity index (χ0) is 24.8. The second-order valence-electron chi connectivity index (χ2n) is 8.27. The van der Waals surface area contributed by atoms with Gasteiger partial charge in [-0.15, -0.1) is 0 Å². The van der Waals surface area contributed by atoms with Gasteiger partial charge in [0.25, 0.3) is 5.56 Å². The van der Waals surface area contributed by atoms with E-state index in [4.69, 9.17) is 9.47 Å². The molecule has 0 aliphatic carbocycles. The lowest BCUT2D eigenvalue weighted by Gasteiger charge is -2.36. The van der Waals surface area contributed by atoms with Gasteiger partial charge in [0.2, 0.25) is 5.91 Å². The molecule has 9 heteroatoms. The molecule has 184 valence electrons. The maximum absolute atomic E-state index is 14.0. The summed E-state index contributed by atoms with van der Waals surface area (Å²) in [6.07, 6.45) is 0.809. The maximum Gasteiger partial charge on any atom is 0.266 e. The van der Waals surface area contributed by atoms with Crippen LogP contribution < -0.4 is 19.9 Å². The molecule has 4 rings (SSSR count). The number of para-hydroxylation sites is 1. The van der Waals surface area contributed by atoms with Gasteiger partial charge >= 0.3 is 0 Å². The summed E-state index contributed by atoms with van der Waals surface area (Å²) in [5.74, 6) is 0.964. The molecule has 0 N–H and O–H groups in total. The Labute approximate surface area is 203 Å². The molecule has 0 saturated carbocycles. The number of nitrogens with zero attached hydrogens (tertiary/aromatic N) is 4. The minimum Gasteiger partial charge on any atom is -0.493 e. The Balaban J connectivity index is 1.33. The molecule has 0 radical (unpaired) electrons. The van der Waals surface area contributed by atoms with Crippen LogP contribution in [0.1, 0.15) is 12.8 Å². The van der Waals surface area contributed by atoms with Crippen LogP contribution in [0.25, 0.3) is 11.3 Å². The maximum atomic E-state index is 14.0. The van der Waals surface area contributed by atoms with Gasteiger partial charge in [-0.1, -0.05) is 12.1 Å². The molecule has 1 aromatic heterocycles. The van der Waals surface area contributed by atoms with Crippen molar-refractivity contribution in [1.82, 2.24) is 14.7 Å². The number of anilines is 1. The zero-order valence-electron chi connectivity index (χ0n) is 19.9. The first-order valence-electron chi connectivity index (χ1n) is 11.6. The summed E-state index contributed by atoms with van der Waals surface area (Å²) in [4.78, 5) is 28.8. The van der Waals surface area contributed by atoms with E-state index in [1.54, 1.807) is 49.5 Å². The van der Waals surface area contributed by atoms with Gasteiger partial charge in [0.15, 0.2) is 11.5 Å². The molecule has 35 heavy (non-hydrogen) atoms. The van der Waals surface area contributed by atoms with E-state index in [1.165, 1.54) is 16.8 Å². The Morgan fingerprint density at radius 1 is 0.971 bits per heavy atom. The number of carbonyl (C=O) groups is 1. The van der Waals surface area contributed by atoms with Crippen molar-refractivity contribution in [3.63, 3.8) is 0 Å². The summed E-state index contributed by atoms with van der Waals surface area (Å²) >= 11 is 0. The fourth-order valence-corrected chi connectivity index (χ4v) is 4.20. The fourth-order valence-electron chi connectivity index (χ4n) is 4.20. The summed E-state index contributed by atoms with van der Waals surface area (Å²) in [6, 6.07) is 15.3. The number of hydrogen-bond donors (Lipinski definition) is 0. The van der Waals surface area contributed by atoms with Gasteiger partial charge < -0.3 is 19.3 Å². The summed E-state index contributed by atoms with van der Waals surface area (Å²) in [7, 11) is 3.13. The first-order valence-corrected chi connectivity index (χ1v) is 11.6. The van der Waals surface area contributed by atoms with Gasteiger partial charge in [-0.25, -0.2) is 9.07 Å². The average Bonchev–Trinajstić information content (AvgIpc) is 2.89.